The van der Waals surface area contributed by atoms with Crippen molar-refractivity contribution in [1.29, 1.82) is 0 Å². The molecule has 2 unspecified atom stereocenters. The maximum atomic E-state index is 13.2. The molecule has 0 spiro atoms. The highest BCUT2D eigenvalue weighted by Gasteiger charge is 2.43. The molecule has 5 heteroatoms. The minimum atomic E-state index is -3.10. The topological polar surface area (TPSA) is 12.0 Å². The van der Waals surface area contributed by atoms with Gasteiger partial charge in [0.25, 0.3) is 11.8 Å². The van der Waals surface area contributed by atoms with Crippen molar-refractivity contribution in [1.82, 2.24) is 5.32 Å². The zero-order valence-electron chi connectivity index (χ0n) is 8.15. The molecule has 86 valence electrons. The molecule has 1 nitrogen and oxygen atoms in total. The van der Waals surface area contributed by atoms with Crippen LogP contribution in [0.3, 0.4) is 0 Å². The number of halogens is 4. The lowest BCUT2D eigenvalue weighted by Crippen LogP contribution is -2.31. The third kappa shape index (κ3) is 2.51. The maximum absolute atomic E-state index is 13.2. The Hall–Kier alpha value is -0.580. The molecule has 1 fully saturated rings. The third-order valence-electron chi connectivity index (χ3n) is 3.12. The lowest BCUT2D eigenvalue weighted by Gasteiger charge is -2.27. The third-order valence-corrected chi connectivity index (χ3v) is 3.12. The van der Waals surface area contributed by atoms with E-state index >= 15 is 0 Å². The van der Waals surface area contributed by atoms with Crippen LogP contribution in [0.1, 0.15) is 12.8 Å². The first-order valence-electron chi connectivity index (χ1n) is 5.05. The van der Waals surface area contributed by atoms with Gasteiger partial charge in [-0.05, 0) is 37.1 Å². The molecule has 1 aliphatic heterocycles. The number of rotatable bonds is 0. The van der Waals surface area contributed by atoms with Crippen LogP contribution in [0.15, 0.2) is 12.2 Å². The van der Waals surface area contributed by atoms with E-state index in [2.05, 4.69) is 5.32 Å². The largest absolute Gasteiger partial charge is 0.316 e. The fourth-order valence-corrected chi connectivity index (χ4v) is 2.34. The smallest absolute Gasteiger partial charge is 0.267 e. The van der Waals surface area contributed by atoms with E-state index in [4.69, 9.17) is 0 Å². The van der Waals surface area contributed by atoms with E-state index in [0.717, 1.165) is 0 Å². The molecule has 0 aromatic rings. The van der Waals surface area contributed by atoms with Crippen molar-refractivity contribution in [2.45, 2.75) is 24.7 Å². The molecule has 1 N–H and O–H groups in total. The van der Waals surface area contributed by atoms with Gasteiger partial charge in [-0.2, -0.15) is 0 Å². The predicted molar refractivity (Wildman–Crippen MR) is 48.1 cm³/mol. The summed E-state index contributed by atoms with van der Waals surface area (Å²) in [5, 5.41) is 2.90. The standard InChI is InChI=1S/C10H13F4N/c11-9(12)1-2-10(13,14)4-8-6-15-5-7(8)3-9/h1-2,7-8,15H,3-6H2/b2-1-. The second kappa shape index (κ2) is 3.47. The normalized spacial score (nSPS) is 40.3. The lowest BCUT2D eigenvalue weighted by molar-refractivity contribution is -0.0184. The van der Waals surface area contributed by atoms with E-state index in [-0.39, 0.29) is 24.7 Å². The molecule has 2 atom stereocenters. The Morgan fingerprint density at radius 3 is 1.67 bits per heavy atom. The van der Waals surface area contributed by atoms with E-state index in [1.807, 2.05) is 0 Å². The Morgan fingerprint density at radius 2 is 1.27 bits per heavy atom. The summed E-state index contributed by atoms with van der Waals surface area (Å²) < 4.78 is 52.7. The Labute approximate surface area is 85.5 Å². The van der Waals surface area contributed by atoms with Gasteiger partial charge in [-0.25, -0.2) is 17.6 Å². The van der Waals surface area contributed by atoms with Crippen LogP contribution in [0.5, 0.6) is 0 Å². The molecule has 2 rings (SSSR count). The highest BCUT2D eigenvalue weighted by atomic mass is 19.3. The Kier molecular flexibility index (Phi) is 2.53. The fourth-order valence-electron chi connectivity index (χ4n) is 2.34. The van der Waals surface area contributed by atoms with Gasteiger partial charge in [0.15, 0.2) is 0 Å². The minimum Gasteiger partial charge on any atom is -0.316 e. The van der Waals surface area contributed by atoms with Crippen LogP contribution in [0, 0.1) is 11.8 Å². The molecule has 15 heavy (non-hydrogen) atoms. The highest BCUT2D eigenvalue weighted by Crippen LogP contribution is 2.40. The summed E-state index contributed by atoms with van der Waals surface area (Å²) in [6.07, 6.45) is 0.0809. The summed E-state index contributed by atoms with van der Waals surface area (Å²) in [7, 11) is 0. The van der Waals surface area contributed by atoms with Crippen molar-refractivity contribution in [3.63, 3.8) is 0 Å². The zero-order valence-corrected chi connectivity index (χ0v) is 8.15. The van der Waals surface area contributed by atoms with Gasteiger partial charge < -0.3 is 5.32 Å². The van der Waals surface area contributed by atoms with E-state index < -0.39 is 11.8 Å². The van der Waals surface area contributed by atoms with Crippen LogP contribution in [0.2, 0.25) is 0 Å². The lowest BCUT2D eigenvalue weighted by atomic mass is 9.84. The van der Waals surface area contributed by atoms with Gasteiger partial charge in [-0.1, -0.05) is 0 Å². The Balaban J connectivity index is 2.23. The first kappa shape index (κ1) is 10.9. The highest BCUT2D eigenvalue weighted by molar-refractivity contribution is 5.07. The van der Waals surface area contributed by atoms with E-state index in [1.165, 1.54) is 0 Å². The SMILES string of the molecule is FC1(F)/C=C\C(F)(F)CC2CNCC2C1. The first-order valence-corrected chi connectivity index (χ1v) is 5.05. The molecule has 1 saturated heterocycles. The van der Waals surface area contributed by atoms with Crippen molar-refractivity contribution in [3.05, 3.63) is 12.2 Å². The summed E-state index contributed by atoms with van der Waals surface area (Å²) >= 11 is 0. The summed E-state index contributed by atoms with van der Waals surface area (Å²) in [6, 6.07) is 0. The number of allylic oxidation sites excluding steroid dienone is 2. The summed E-state index contributed by atoms with van der Waals surface area (Å²) in [4.78, 5) is 0. The van der Waals surface area contributed by atoms with E-state index in [1.54, 1.807) is 0 Å². The van der Waals surface area contributed by atoms with Gasteiger partial charge >= 0.3 is 0 Å². The van der Waals surface area contributed by atoms with Crippen molar-refractivity contribution in [3.8, 4) is 0 Å². The van der Waals surface area contributed by atoms with Crippen LogP contribution < -0.4 is 5.32 Å². The Morgan fingerprint density at radius 1 is 0.867 bits per heavy atom. The number of nitrogens with one attached hydrogen (secondary N) is 1. The van der Waals surface area contributed by atoms with Crippen LogP contribution in [0.4, 0.5) is 17.6 Å². The van der Waals surface area contributed by atoms with E-state index in [0.29, 0.717) is 25.2 Å². The van der Waals surface area contributed by atoms with Crippen molar-refractivity contribution in [2.75, 3.05) is 13.1 Å². The van der Waals surface area contributed by atoms with Gasteiger partial charge in [0.2, 0.25) is 0 Å². The van der Waals surface area contributed by atoms with Crippen molar-refractivity contribution >= 4 is 0 Å². The minimum absolute atomic E-state index is 0.322. The zero-order chi connectivity index (χ0) is 11.1. The number of hydrogen-bond donors (Lipinski definition) is 1. The first-order chi connectivity index (χ1) is 6.88. The second-order valence-corrected chi connectivity index (χ2v) is 4.44. The average molecular weight is 223 g/mol. The summed E-state index contributed by atoms with van der Waals surface area (Å²) in [5.41, 5.74) is 0. The van der Waals surface area contributed by atoms with Gasteiger partial charge in [-0.3, -0.25) is 0 Å². The molecular formula is C10H13F4N. The summed E-state index contributed by atoms with van der Waals surface area (Å²) in [5.74, 6) is -6.87. The van der Waals surface area contributed by atoms with Crippen LogP contribution in [0.25, 0.3) is 0 Å². The molecule has 2 aliphatic rings. The average Bonchev–Trinajstić information content (AvgIpc) is 2.47. The predicted octanol–water partition coefficient (Wildman–Crippen LogP) is 2.44. The van der Waals surface area contributed by atoms with Crippen LogP contribution in [-0.4, -0.2) is 24.9 Å². The molecule has 0 saturated carbocycles. The number of alkyl halides is 4. The van der Waals surface area contributed by atoms with Gasteiger partial charge in [-0.15, -0.1) is 0 Å². The Bertz CT molecular complexity index is 249. The van der Waals surface area contributed by atoms with Crippen molar-refractivity contribution in [2.24, 2.45) is 11.8 Å². The molecular weight excluding hydrogens is 210 g/mol. The van der Waals surface area contributed by atoms with Gasteiger partial charge in [0.05, 0.1) is 0 Å². The molecule has 1 heterocycles. The van der Waals surface area contributed by atoms with Gasteiger partial charge in [0, 0.05) is 12.8 Å². The molecule has 0 amide bonds. The molecule has 0 radical (unpaired) electrons. The van der Waals surface area contributed by atoms with Crippen LogP contribution >= 0.6 is 0 Å². The number of hydrogen-bond acceptors (Lipinski definition) is 1. The molecule has 0 bridgehead atoms. The molecule has 0 aromatic carbocycles. The molecule has 1 aliphatic carbocycles. The quantitative estimate of drug-likeness (QED) is 0.491. The van der Waals surface area contributed by atoms with E-state index in [9.17, 15) is 17.6 Å². The number of fused-ring (bicyclic) bond motifs is 1. The fraction of sp³-hybridized carbons (Fsp3) is 0.800. The van der Waals surface area contributed by atoms with Crippen LogP contribution in [-0.2, 0) is 0 Å². The molecule has 0 aromatic heterocycles. The van der Waals surface area contributed by atoms with Gasteiger partial charge in [0.1, 0.15) is 0 Å². The summed E-state index contributed by atoms with van der Waals surface area (Å²) in [6.45, 7) is 0.842. The second-order valence-electron chi connectivity index (χ2n) is 4.44. The monoisotopic (exact) mass is 223 g/mol. The van der Waals surface area contributed by atoms with Crippen molar-refractivity contribution < 1.29 is 17.6 Å². The maximum Gasteiger partial charge on any atom is 0.267 e.